The van der Waals surface area contributed by atoms with Crippen LogP contribution in [0.5, 0.6) is 0 Å². The van der Waals surface area contributed by atoms with Crippen molar-refractivity contribution in [1.82, 2.24) is 14.6 Å². The summed E-state index contributed by atoms with van der Waals surface area (Å²) in [6.45, 7) is 3.30. The molecule has 0 aliphatic rings. The number of aromatic nitrogens is 3. The van der Waals surface area contributed by atoms with E-state index in [1.54, 1.807) is 38.1 Å². The zero-order valence-electron chi connectivity index (χ0n) is 14.4. The Hall–Kier alpha value is -3.31. The van der Waals surface area contributed by atoms with E-state index >= 15 is 0 Å². The Morgan fingerprint density at radius 3 is 2.77 bits per heavy atom. The van der Waals surface area contributed by atoms with Gasteiger partial charge in [0.15, 0.2) is 5.65 Å². The Bertz CT molecular complexity index is 1040. The molecule has 0 atom stereocenters. The number of carbonyl (C=O) groups excluding carboxylic acids is 1. The first-order valence-electron chi connectivity index (χ1n) is 7.76. The summed E-state index contributed by atoms with van der Waals surface area (Å²) in [5, 5.41) is 15.8. The number of fused-ring (bicyclic) bond motifs is 1. The number of pyridine rings is 1. The van der Waals surface area contributed by atoms with Gasteiger partial charge in [0, 0.05) is 24.4 Å². The van der Waals surface area contributed by atoms with Gasteiger partial charge in [0.1, 0.15) is 23.8 Å². The van der Waals surface area contributed by atoms with Gasteiger partial charge in [0.05, 0.1) is 11.3 Å². The lowest BCUT2D eigenvalue weighted by Gasteiger charge is -2.22. The van der Waals surface area contributed by atoms with E-state index in [0.29, 0.717) is 22.6 Å². The van der Waals surface area contributed by atoms with Gasteiger partial charge in [0.25, 0.3) is 5.91 Å². The SMILES string of the molecule is COC(C)(C)C(=O)Nc1cc(-c2ccc(C#N)c(F)c2)n2ncnc2c1. The fourth-order valence-corrected chi connectivity index (χ4v) is 2.34. The van der Waals surface area contributed by atoms with Crippen LogP contribution in [0.15, 0.2) is 36.7 Å². The number of nitrogens with zero attached hydrogens (tertiary/aromatic N) is 4. The molecule has 0 aliphatic carbocycles. The summed E-state index contributed by atoms with van der Waals surface area (Å²) in [5.74, 6) is -0.964. The molecule has 0 fully saturated rings. The van der Waals surface area contributed by atoms with Gasteiger partial charge in [0.2, 0.25) is 0 Å². The number of hydrogen-bond donors (Lipinski definition) is 1. The van der Waals surface area contributed by atoms with Crippen molar-refractivity contribution in [2.24, 2.45) is 0 Å². The maximum absolute atomic E-state index is 14.0. The van der Waals surface area contributed by atoms with Crippen LogP contribution in [-0.4, -0.2) is 33.2 Å². The predicted octanol–water partition coefficient (Wildman–Crippen LogP) is 2.77. The van der Waals surface area contributed by atoms with E-state index in [1.165, 1.54) is 30.1 Å². The van der Waals surface area contributed by atoms with Crippen LogP contribution in [0.4, 0.5) is 10.1 Å². The number of ether oxygens (including phenoxy) is 1. The summed E-state index contributed by atoms with van der Waals surface area (Å²) in [7, 11) is 1.45. The quantitative estimate of drug-likeness (QED) is 0.778. The lowest BCUT2D eigenvalue weighted by Crippen LogP contribution is -2.38. The minimum atomic E-state index is -1.01. The monoisotopic (exact) mass is 353 g/mol. The standard InChI is InChI=1S/C18H16FN5O2/c1-18(2,26-3)17(25)23-13-7-15(24-16(8-13)21-10-22-24)11-4-5-12(9-20)14(19)6-11/h4-8,10H,1-3H3,(H,23,25). The molecule has 0 radical (unpaired) electrons. The van der Waals surface area contributed by atoms with Crippen LogP contribution >= 0.6 is 0 Å². The van der Waals surface area contributed by atoms with Crippen LogP contribution in [0.2, 0.25) is 0 Å². The smallest absolute Gasteiger partial charge is 0.256 e. The summed E-state index contributed by atoms with van der Waals surface area (Å²) < 4.78 is 20.7. The van der Waals surface area contributed by atoms with E-state index in [9.17, 15) is 9.18 Å². The second-order valence-corrected chi connectivity index (χ2v) is 6.13. The van der Waals surface area contributed by atoms with E-state index in [2.05, 4.69) is 15.4 Å². The topological polar surface area (TPSA) is 92.3 Å². The zero-order chi connectivity index (χ0) is 18.9. The molecule has 2 heterocycles. The second-order valence-electron chi connectivity index (χ2n) is 6.13. The van der Waals surface area contributed by atoms with Crippen molar-refractivity contribution in [1.29, 1.82) is 5.26 Å². The van der Waals surface area contributed by atoms with Gasteiger partial charge in [-0.3, -0.25) is 4.79 Å². The number of methoxy groups -OCH3 is 1. The summed E-state index contributed by atoms with van der Waals surface area (Å²) in [6.07, 6.45) is 1.36. The molecule has 0 saturated carbocycles. The van der Waals surface area contributed by atoms with Gasteiger partial charge in [-0.05, 0) is 32.0 Å². The largest absolute Gasteiger partial charge is 0.369 e. The third-order valence-electron chi connectivity index (χ3n) is 4.08. The minimum Gasteiger partial charge on any atom is -0.369 e. The number of nitrogens with one attached hydrogen (secondary N) is 1. The number of carbonyl (C=O) groups is 1. The molecule has 3 aromatic rings. The Morgan fingerprint density at radius 2 is 2.12 bits per heavy atom. The molecular weight excluding hydrogens is 337 g/mol. The fraction of sp³-hybridized carbons (Fsp3) is 0.222. The minimum absolute atomic E-state index is 0.0464. The van der Waals surface area contributed by atoms with E-state index in [4.69, 9.17) is 10.00 Å². The molecule has 0 saturated heterocycles. The second kappa shape index (κ2) is 6.54. The Labute approximate surface area is 149 Å². The van der Waals surface area contributed by atoms with E-state index in [0.717, 1.165) is 0 Å². The lowest BCUT2D eigenvalue weighted by molar-refractivity contribution is -0.133. The number of benzene rings is 1. The molecule has 132 valence electrons. The van der Waals surface area contributed by atoms with Crippen molar-refractivity contribution in [3.05, 3.63) is 48.0 Å². The maximum atomic E-state index is 14.0. The molecular formula is C18H16FN5O2. The van der Waals surface area contributed by atoms with Crippen molar-refractivity contribution in [3.63, 3.8) is 0 Å². The molecule has 0 unspecified atom stereocenters. The van der Waals surface area contributed by atoms with Gasteiger partial charge in [-0.15, -0.1) is 0 Å². The van der Waals surface area contributed by atoms with E-state index < -0.39 is 11.4 Å². The van der Waals surface area contributed by atoms with Crippen LogP contribution in [0.1, 0.15) is 19.4 Å². The Kier molecular flexibility index (Phi) is 4.40. The van der Waals surface area contributed by atoms with Gasteiger partial charge < -0.3 is 10.1 Å². The summed E-state index contributed by atoms with van der Waals surface area (Å²) >= 11 is 0. The molecule has 0 aliphatic heterocycles. The molecule has 0 bridgehead atoms. The number of amides is 1. The highest BCUT2D eigenvalue weighted by molar-refractivity contribution is 5.97. The number of nitriles is 1. The van der Waals surface area contributed by atoms with Crippen molar-refractivity contribution >= 4 is 17.2 Å². The first kappa shape index (κ1) is 17.5. The van der Waals surface area contributed by atoms with Crippen LogP contribution < -0.4 is 5.32 Å². The summed E-state index contributed by atoms with van der Waals surface area (Å²) in [4.78, 5) is 16.5. The van der Waals surface area contributed by atoms with Crippen LogP contribution in [0.3, 0.4) is 0 Å². The van der Waals surface area contributed by atoms with Crippen LogP contribution in [0.25, 0.3) is 16.9 Å². The van der Waals surface area contributed by atoms with Crippen molar-refractivity contribution in [2.45, 2.75) is 19.4 Å². The number of halogens is 1. The number of rotatable bonds is 4. The van der Waals surface area contributed by atoms with Crippen molar-refractivity contribution in [2.75, 3.05) is 12.4 Å². The number of anilines is 1. The summed E-state index contributed by atoms with van der Waals surface area (Å²) in [6, 6.07) is 9.36. The molecule has 1 amide bonds. The lowest BCUT2D eigenvalue weighted by atomic mass is 10.1. The predicted molar refractivity (Wildman–Crippen MR) is 92.8 cm³/mol. The molecule has 26 heavy (non-hydrogen) atoms. The highest BCUT2D eigenvalue weighted by Crippen LogP contribution is 2.26. The normalized spacial score (nSPS) is 11.3. The third kappa shape index (κ3) is 3.12. The Balaban J connectivity index is 2.08. The van der Waals surface area contributed by atoms with Gasteiger partial charge in [-0.25, -0.2) is 13.9 Å². The third-order valence-corrected chi connectivity index (χ3v) is 4.08. The van der Waals surface area contributed by atoms with Crippen LogP contribution in [0, 0.1) is 17.1 Å². The van der Waals surface area contributed by atoms with Gasteiger partial charge >= 0.3 is 0 Å². The number of hydrogen-bond acceptors (Lipinski definition) is 5. The van der Waals surface area contributed by atoms with Crippen LogP contribution in [-0.2, 0) is 9.53 Å². The molecule has 8 heteroatoms. The molecule has 0 spiro atoms. The zero-order valence-corrected chi connectivity index (χ0v) is 14.4. The summed E-state index contributed by atoms with van der Waals surface area (Å²) in [5.41, 5.74) is 0.918. The first-order valence-corrected chi connectivity index (χ1v) is 7.76. The highest BCUT2D eigenvalue weighted by Gasteiger charge is 2.27. The fourth-order valence-electron chi connectivity index (χ4n) is 2.34. The molecule has 1 aromatic carbocycles. The average molecular weight is 353 g/mol. The first-order chi connectivity index (χ1) is 12.4. The van der Waals surface area contributed by atoms with Gasteiger partial charge in [-0.1, -0.05) is 6.07 Å². The van der Waals surface area contributed by atoms with Crippen molar-refractivity contribution < 1.29 is 13.9 Å². The van der Waals surface area contributed by atoms with E-state index in [-0.39, 0.29) is 11.5 Å². The molecule has 7 nitrogen and oxygen atoms in total. The average Bonchev–Trinajstić information content (AvgIpc) is 3.09. The molecule has 1 N–H and O–H groups in total. The van der Waals surface area contributed by atoms with E-state index in [1.807, 2.05) is 0 Å². The Morgan fingerprint density at radius 1 is 1.35 bits per heavy atom. The van der Waals surface area contributed by atoms with Crippen molar-refractivity contribution in [3.8, 4) is 17.3 Å². The van der Waals surface area contributed by atoms with Gasteiger partial charge in [-0.2, -0.15) is 10.4 Å². The molecule has 2 aromatic heterocycles. The maximum Gasteiger partial charge on any atom is 0.256 e. The molecule has 3 rings (SSSR count). The highest BCUT2D eigenvalue weighted by atomic mass is 19.1.